The van der Waals surface area contributed by atoms with E-state index in [4.69, 9.17) is 9.47 Å². The number of hydrogen-bond donors (Lipinski definition) is 0. The van der Waals surface area contributed by atoms with E-state index in [1.165, 1.54) is 7.11 Å². The third-order valence-electron chi connectivity index (χ3n) is 5.95. The van der Waals surface area contributed by atoms with Crippen molar-refractivity contribution in [1.29, 1.82) is 0 Å². The number of amides is 2. The lowest BCUT2D eigenvalue weighted by molar-refractivity contribution is 0.0140. The van der Waals surface area contributed by atoms with E-state index in [-0.39, 0.29) is 17.3 Å². The molecule has 9 nitrogen and oxygen atoms in total. The van der Waals surface area contributed by atoms with Crippen LogP contribution in [0, 0.1) is 0 Å². The Morgan fingerprint density at radius 2 is 1.56 bits per heavy atom. The van der Waals surface area contributed by atoms with E-state index >= 15 is 0 Å². The van der Waals surface area contributed by atoms with Crippen LogP contribution in [0.4, 0.5) is 4.79 Å². The lowest BCUT2D eigenvalue weighted by atomic mass is 9.97. The molecule has 1 aliphatic rings. The second-order valence-corrected chi connectivity index (χ2v) is 9.67. The molecule has 1 aliphatic heterocycles. The second kappa shape index (κ2) is 10.3. The van der Waals surface area contributed by atoms with Crippen LogP contribution in [0.15, 0.2) is 48.5 Å². The van der Waals surface area contributed by atoms with Gasteiger partial charge in [0.1, 0.15) is 5.60 Å². The highest BCUT2D eigenvalue weighted by atomic mass is 16.6. The molecule has 36 heavy (non-hydrogen) atoms. The quantitative estimate of drug-likeness (QED) is 0.514. The van der Waals surface area contributed by atoms with Crippen molar-refractivity contribution in [2.24, 2.45) is 0 Å². The minimum Gasteiger partial charge on any atom is -0.464 e. The number of carbonyl (C=O) groups excluding carboxylic acids is 3. The largest absolute Gasteiger partial charge is 0.464 e. The summed E-state index contributed by atoms with van der Waals surface area (Å²) in [5, 5.41) is 10.2. The summed E-state index contributed by atoms with van der Waals surface area (Å²) in [7, 11) is 1.29. The number of hydrogen-bond acceptors (Lipinski definition) is 7. The van der Waals surface area contributed by atoms with Gasteiger partial charge in [-0.2, -0.15) is 0 Å². The van der Waals surface area contributed by atoms with E-state index in [1.807, 2.05) is 63.2 Å². The molecule has 1 fully saturated rings. The molecular weight excluding hydrogens is 460 g/mol. The maximum atomic E-state index is 13.2. The zero-order chi connectivity index (χ0) is 25.9. The fourth-order valence-corrected chi connectivity index (χ4v) is 4.17. The molecule has 1 saturated heterocycles. The van der Waals surface area contributed by atoms with Gasteiger partial charge in [0, 0.05) is 32.6 Å². The number of piperazine rings is 1. The molecule has 2 amide bonds. The minimum atomic E-state index is -0.609. The van der Waals surface area contributed by atoms with E-state index < -0.39 is 17.7 Å². The van der Waals surface area contributed by atoms with Crippen molar-refractivity contribution in [1.82, 2.24) is 20.0 Å². The van der Waals surface area contributed by atoms with Gasteiger partial charge >= 0.3 is 12.1 Å². The molecule has 0 unspecified atom stereocenters. The van der Waals surface area contributed by atoms with Crippen LogP contribution in [0.25, 0.3) is 10.8 Å². The number of ether oxygens (including phenoxy) is 2. The molecular formula is C27H30N4O5. The van der Waals surface area contributed by atoms with Gasteiger partial charge in [-0.3, -0.25) is 4.79 Å². The van der Waals surface area contributed by atoms with Crippen molar-refractivity contribution in [2.45, 2.75) is 32.8 Å². The van der Waals surface area contributed by atoms with Crippen LogP contribution in [0.1, 0.15) is 52.9 Å². The molecule has 0 aliphatic carbocycles. The third kappa shape index (κ3) is 5.62. The zero-order valence-corrected chi connectivity index (χ0v) is 21.0. The molecule has 0 spiro atoms. The molecule has 9 heteroatoms. The van der Waals surface area contributed by atoms with Crippen molar-refractivity contribution in [3.63, 3.8) is 0 Å². The first kappa shape index (κ1) is 25.1. The summed E-state index contributed by atoms with van der Waals surface area (Å²) in [6.07, 6.45) is -0.0113. The van der Waals surface area contributed by atoms with Gasteiger partial charge in [-0.05, 0) is 48.7 Å². The van der Waals surface area contributed by atoms with Crippen LogP contribution in [-0.4, -0.2) is 76.9 Å². The van der Waals surface area contributed by atoms with Gasteiger partial charge in [-0.15, -0.1) is 10.2 Å². The fourth-order valence-electron chi connectivity index (χ4n) is 4.17. The third-order valence-corrected chi connectivity index (χ3v) is 5.95. The van der Waals surface area contributed by atoms with Crippen LogP contribution < -0.4 is 0 Å². The summed E-state index contributed by atoms with van der Waals surface area (Å²) in [6, 6.07) is 15.6. The monoisotopic (exact) mass is 490 g/mol. The van der Waals surface area contributed by atoms with Gasteiger partial charge in [-0.25, -0.2) is 9.59 Å². The smallest absolute Gasteiger partial charge is 0.410 e. The SMILES string of the molecule is COC(=O)c1nnc(C(=O)N2CCN(C(=O)OC(C)(C)C)CC2)cc1Cc1cccc2ccccc12. The highest BCUT2D eigenvalue weighted by Gasteiger charge is 2.29. The van der Waals surface area contributed by atoms with Gasteiger partial charge in [0.25, 0.3) is 5.91 Å². The molecule has 0 atom stereocenters. The predicted molar refractivity (Wildman–Crippen MR) is 134 cm³/mol. The normalized spacial score (nSPS) is 14.0. The molecule has 0 N–H and O–H groups in total. The number of nitrogens with zero attached hydrogens (tertiary/aromatic N) is 4. The number of methoxy groups -OCH3 is 1. The summed E-state index contributed by atoms with van der Waals surface area (Å²) >= 11 is 0. The van der Waals surface area contributed by atoms with E-state index in [1.54, 1.807) is 15.9 Å². The van der Waals surface area contributed by atoms with Crippen LogP contribution >= 0.6 is 0 Å². The number of esters is 1. The molecule has 0 saturated carbocycles. The summed E-state index contributed by atoms with van der Waals surface area (Å²) in [4.78, 5) is 41.2. The standard InChI is InChI=1S/C27H30N4O5/c1-27(2,3)36-26(34)31-14-12-30(13-15-31)24(32)22-17-20(23(29-28-22)25(33)35-4)16-19-10-7-9-18-8-5-6-11-21(18)19/h5-11,17H,12-16H2,1-4H3. The highest BCUT2D eigenvalue weighted by Crippen LogP contribution is 2.23. The first-order valence-electron chi connectivity index (χ1n) is 11.8. The molecule has 2 aromatic carbocycles. The van der Waals surface area contributed by atoms with E-state index in [0.29, 0.717) is 38.2 Å². The minimum absolute atomic E-state index is 0.0803. The topological polar surface area (TPSA) is 102 Å². The highest BCUT2D eigenvalue weighted by molar-refractivity contribution is 5.95. The zero-order valence-electron chi connectivity index (χ0n) is 21.0. The summed E-state index contributed by atoms with van der Waals surface area (Å²) in [6.45, 7) is 6.86. The Morgan fingerprint density at radius 3 is 2.25 bits per heavy atom. The van der Waals surface area contributed by atoms with E-state index in [0.717, 1.165) is 16.3 Å². The Bertz CT molecular complexity index is 1290. The Kier molecular flexibility index (Phi) is 7.19. The fraction of sp³-hybridized carbons (Fsp3) is 0.370. The Balaban J connectivity index is 1.55. The number of benzene rings is 2. The van der Waals surface area contributed by atoms with E-state index in [9.17, 15) is 14.4 Å². The lowest BCUT2D eigenvalue weighted by Gasteiger charge is -2.35. The lowest BCUT2D eigenvalue weighted by Crippen LogP contribution is -2.51. The van der Waals surface area contributed by atoms with Gasteiger partial charge in [0.05, 0.1) is 7.11 Å². The molecule has 4 rings (SSSR count). The van der Waals surface area contributed by atoms with Crippen LogP contribution in [0.3, 0.4) is 0 Å². The maximum absolute atomic E-state index is 13.2. The predicted octanol–water partition coefficient (Wildman–Crippen LogP) is 3.70. The molecule has 0 radical (unpaired) electrons. The second-order valence-electron chi connectivity index (χ2n) is 9.67. The first-order valence-corrected chi connectivity index (χ1v) is 11.8. The van der Waals surface area contributed by atoms with Crippen LogP contribution in [-0.2, 0) is 15.9 Å². The van der Waals surface area contributed by atoms with Crippen molar-refractivity contribution in [3.05, 3.63) is 71.0 Å². The molecule has 0 bridgehead atoms. The Hall–Kier alpha value is -4.01. The Morgan fingerprint density at radius 1 is 0.889 bits per heavy atom. The van der Waals surface area contributed by atoms with Gasteiger partial charge in [0.2, 0.25) is 0 Å². The molecule has 1 aromatic heterocycles. The van der Waals surface area contributed by atoms with Crippen molar-refractivity contribution in [2.75, 3.05) is 33.3 Å². The average molecular weight is 491 g/mol. The number of rotatable bonds is 4. The summed E-state index contributed by atoms with van der Waals surface area (Å²) in [5.74, 6) is -0.912. The Labute approximate surface area is 210 Å². The van der Waals surface area contributed by atoms with Crippen molar-refractivity contribution >= 4 is 28.7 Å². The molecule has 2 heterocycles. The number of aromatic nitrogens is 2. The number of fused-ring (bicyclic) bond motifs is 1. The maximum Gasteiger partial charge on any atom is 0.410 e. The first-order chi connectivity index (χ1) is 17.2. The van der Waals surface area contributed by atoms with Gasteiger partial charge in [-0.1, -0.05) is 42.5 Å². The van der Waals surface area contributed by atoms with Crippen molar-refractivity contribution < 1.29 is 23.9 Å². The summed E-state index contributed by atoms with van der Waals surface area (Å²) < 4.78 is 10.3. The van der Waals surface area contributed by atoms with Crippen LogP contribution in [0.5, 0.6) is 0 Å². The van der Waals surface area contributed by atoms with Crippen LogP contribution in [0.2, 0.25) is 0 Å². The molecule has 3 aromatic rings. The number of carbonyl (C=O) groups is 3. The van der Waals surface area contributed by atoms with Crippen molar-refractivity contribution in [3.8, 4) is 0 Å². The van der Waals surface area contributed by atoms with E-state index in [2.05, 4.69) is 10.2 Å². The average Bonchev–Trinajstić information content (AvgIpc) is 2.87. The summed E-state index contributed by atoms with van der Waals surface area (Å²) in [5.41, 5.74) is 1.20. The van der Waals surface area contributed by atoms with Gasteiger partial charge < -0.3 is 19.3 Å². The molecule has 188 valence electrons. The van der Waals surface area contributed by atoms with Gasteiger partial charge in [0.15, 0.2) is 11.4 Å².